The lowest BCUT2D eigenvalue weighted by Crippen LogP contribution is -2.35. The van der Waals surface area contributed by atoms with E-state index in [1.165, 1.54) is 0 Å². The summed E-state index contributed by atoms with van der Waals surface area (Å²) >= 11 is 0. The highest BCUT2D eigenvalue weighted by Gasteiger charge is 2.28. The minimum absolute atomic E-state index is 0.248. The van der Waals surface area contributed by atoms with Crippen LogP contribution in [0.1, 0.15) is 24.6 Å². The van der Waals surface area contributed by atoms with Crippen LogP contribution in [-0.2, 0) is 0 Å². The van der Waals surface area contributed by atoms with Crippen molar-refractivity contribution in [2.45, 2.75) is 18.8 Å². The van der Waals surface area contributed by atoms with Gasteiger partial charge in [0.25, 0.3) is 0 Å². The fourth-order valence-electron chi connectivity index (χ4n) is 4.42. The number of aromatic nitrogens is 5. The van der Waals surface area contributed by atoms with Crippen molar-refractivity contribution in [1.29, 1.82) is 0 Å². The molecule has 1 fully saturated rings. The molecule has 5 rings (SSSR count). The second-order valence-corrected chi connectivity index (χ2v) is 7.51. The van der Waals surface area contributed by atoms with E-state index in [2.05, 4.69) is 29.5 Å². The first-order valence-corrected chi connectivity index (χ1v) is 10.2. The van der Waals surface area contributed by atoms with Crippen molar-refractivity contribution in [2.75, 3.05) is 39.3 Å². The average Bonchev–Trinajstić information content (AvgIpc) is 3.26. The molecule has 31 heavy (non-hydrogen) atoms. The Hall–Kier alpha value is -3.62. The number of fused-ring (bicyclic) bond motifs is 2. The second kappa shape index (κ2) is 7.90. The third kappa shape index (κ3) is 3.17. The lowest BCUT2D eigenvalue weighted by Gasteiger charge is -2.33. The molecule has 160 valence electrons. The quantitative estimate of drug-likeness (QED) is 0.487. The van der Waals surface area contributed by atoms with Crippen LogP contribution in [-0.4, -0.2) is 59.0 Å². The molecule has 9 nitrogen and oxygen atoms in total. The summed E-state index contributed by atoms with van der Waals surface area (Å²) in [4.78, 5) is 11.4. The van der Waals surface area contributed by atoms with Gasteiger partial charge >= 0.3 is 0 Å². The van der Waals surface area contributed by atoms with Crippen LogP contribution in [0.3, 0.4) is 0 Å². The summed E-state index contributed by atoms with van der Waals surface area (Å²) in [6, 6.07) is 7.87. The maximum absolute atomic E-state index is 5.63. The van der Waals surface area contributed by atoms with Gasteiger partial charge in [-0.15, -0.1) is 10.2 Å². The monoisotopic (exact) mass is 420 g/mol. The molecule has 0 radical (unpaired) electrons. The standard InChI is InChI=1S/C22H24N6O3/c1-29-16-11-15-18(20(31-3)19(16)30-2)23-13-24-22(15)27-9-6-7-14(12-27)21-26-25-17-8-4-5-10-28(17)21/h4-5,8,10-11,13-14H,6-7,9,12H2,1-3H3. The van der Waals surface area contributed by atoms with E-state index in [9.17, 15) is 0 Å². The molecular formula is C22H24N6O3. The Morgan fingerprint density at radius 2 is 1.87 bits per heavy atom. The van der Waals surface area contributed by atoms with Gasteiger partial charge in [-0.25, -0.2) is 9.97 Å². The summed E-state index contributed by atoms with van der Waals surface area (Å²) in [5, 5.41) is 9.68. The molecule has 1 atom stereocenters. The van der Waals surface area contributed by atoms with Crippen LogP contribution in [0.25, 0.3) is 16.6 Å². The molecule has 1 aliphatic heterocycles. The summed E-state index contributed by atoms with van der Waals surface area (Å²) in [6.07, 6.45) is 5.67. The lowest BCUT2D eigenvalue weighted by atomic mass is 9.97. The fraction of sp³-hybridized carbons (Fsp3) is 0.364. The highest BCUT2D eigenvalue weighted by atomic mass is 16.5. The molecule has 4 aromatic rings. The van der Waals surface area contributed by atoms with Gasteiger partial charge in [0.2, 0.25) is 5.75 Å². The molecule has 0 saturated carbocycles. The van der Waals surface area contributed by atoms with E-state index in [0.29, 0.717) is 22.8 Å². The Labute approximate surface area is 179 Å². The number of pyridine rings is 1. The molecule has 0 spiro atoms. The van der Waals surface area contributed by atoms with E-state index in [1.807, 2.05) is 30.5 Å². The number of hydrogen-bond donors (Lipinski definition) is 0. The molecule has 4 heterocycles. The Morgan fingerprint density at radius 1 is 1.00 bits per heavy atom. The van der Waals surface area contributed by atoms with E-state index >= 15 is 0 Å². The molecular weight excluding hydrogens is 396 g/mol. The maximum Gasteiger partial charge on any atom is 0.205 e. The summed E-state index contributed by atoms with van der Waals surface area (Å²) in [6.45, 7) is 1.69. The van der Waals surface area contributed by atoms with Gasteiger partial charge in [0, 0.05) is 25.2 Å². The van der Waals surface area contributed by atoms with Crippen molar-refractivity contribution in [1.82, 2.24) is 24.6 Å². The predicted molar refractivity (Wildman–Crippen MR) is 116 cm³/mol. The molecule has 1 unspecified atom stereocenters. The number of benzene rings is 1. The molecule has 0 aliphatic carbocycles. The number of rotatable bonds is 5. The molecule has 0 N–H and O–H groups in total. The highest BCUT2D eigenvalue weighted by Crippen LogP contribution is 2.44. The van der Waals surface area contributed by atoms with Gasteiger partial charge in [0.1, 0.15) is 23.5 Å². The molecule has 1 aromatic carbocycles. The number of ether oxygens (including phenoxy) is 3. The zero-order chi connectivity index (χ0) is 21.4. The molecule has 1 saturated heterocycles. The van der Waals surface area contributed by atoms with Crippen molar-refractivity contribution < 1.29 is 14.2 Å². The summed E-state index contributed by atoms with van der Waals surface area (Å²) in [5.74, 6) is 3.72. The third-order valence-corrected chi connectivity index (χ3v) is 5.84. The van der Waals surface area contributed by atoms with Gasteiger partial charge in [-0.05, 0) is 31.0 Å². The zero-order valence-corrected chi connectivity index (χ0v) is 17.8. The summed E-state index contributed by atoms with van der Waals surface area (Å²) < 4.78 is 18.8. The molecule has 0 amide bonds. The van der Waals surface area contributed by atoms with Crippen LogP contribution in [0.4, 0.5) is 5.82 Å². The highest BCUT2D eigenvalue weighted by molar-refractivity contribution is 5.97. The van der Waals surface area contributed by atoms with Crippen LogP contribution in [0, 0.1) is 0 Å². The van der Waals surface area contributed by atoms with E-state index in [1.54, 1.807) is 27.7 Å². The normalized spacial score (nSPS) is 16.6. The van der Waals surface area contributed by atoms with Crippen molar-refractivity contribution in [3.05, 3.63) is 42.6 Å². The van der Waals surface area contributed by atoms with E-state index in [0.717, 1.165) is 48.6 Å². The van der Waals surface area contributed by atoms with Gasteiger partial charge < -0.3 is 19.1 Å². The summed E-state index contributed by atoms with van der Waals surface area (Å²) in [5.41, 5.74) is 1.56. The topological polar surface area (TPSA) is 86.9 Å². The van der Waals surface area contributed by atoms with Crippen molar-refractivity contribution in [2.24, 2.45) is 0 Å². The smallest absolute Gasteiger partial charge is 0.205 e. The molecule has 3 aromatic heterocycles. The van der Waals surface area contributed by atoms with E-state index in [-0.39, 0.29) is 5.92 Å². The number of anilines is 1. The zero-order valence-electron chi connectivity index (χ0n) is 17.8. The van der Waals surface area contributed by atoms with Crippen LogP contribution in [0.2, 0.25) is 0 Å². The van der Waals surface area contributed by atoms with Gasteiger partial charge in [0.15, 0.2) is 17.1 Å². The van der Waals surface area contributed by atoms with E-state index < -0.39 is 0 Å². The van der Waals surface area contributed by atoms with Crippen LogP contribution in [0.15, 0.2) is 36.8 Å². The van der Waals surface area contributed by atoms with Gasteiger partial charge in [0.05, 0.1) is 26.7 Å². The predicted octanol–water partition coefficient (Wildman–Crippen LogP) is 3.08. The molecule has 0 bridgehead atoms. The molecule has 9 heteroatoms. The largest absolute Gasteiger partial charge is 0.493 e. The fourth-order valence-corrected chi connectivity index (χ4v) is 4.42. The van der Waals surface area contributed by atoms with Gasteiger partial charge in [-0.3, -0.25) is 4.40 Å². The number of piperidine rings is 1. The van der Waals surface area contributed by atoms with Crippen molar-refractivity contribution in [3.8, 4) is 17.2 Å². The Balaban J connectivity index is 1.57. The number of nitrogens with zero attached hydrogens (tertiary/aromatic N) is 6. The van der Waals surface area contributed by atoms with E-state index in [4.69, 9.17) is 14.2 Å². The van der Waals surface area contributed by atoms with Gasteiger partial charge in [-0.2, -0.15) is 0 Å². The van der Waals surface area contributed by atoms with Crippen molar-refractivity contribution in [3.63, 3.8) is 0 Å². The third-order valence-electron chi connectivity index (χ3n) is 5.84. The van der Waals surface area contributed by atoms with Crippen LogP contribution >= 0.6 is 0 Å². The Morgan fingerprint density at radius 3 is 2.68 bits per heavy atom. The molecule has 1 aliphatic rings. The minimum atomic E-state index is 0.248. The summed E-state index contributed by atoms with van der Waals surface area (Å²) in [7, 11) is 4.80. The first kappa shape index (κ1) is 19.3. The number of hydrogen-bond acceptors (Lipinski definition) is 8. The van der Waals surface area contributed by atoms with Crippen LogP contribution < -0.4 is 19.1 Å². The van der Waals surface area contributed by atoms with Crippen molar-refractivity contribution >= 4 is 22.4 Å². The van der Waals surface area contributed by atoms with Gasteiger partial charge in [-0.1, -0.05) is 6.07 Å². The average molecular weight is 420 g/mol. The Kier molecular flexibility index (Phi) is 4.93. The first-order chi connectivity index (χ1) is 15.2. The maximum atomic E-state index is 5.63. The van der Waals surface area contributed by atoms with Crippen LogP contribution in [0.5, 0.6) is 17.2 Å². The minimum Gasteiger partial charge on any atom is -0.493 e. The first-order valence-electron chi connectivity index (χ1n) is 10.2. The Bertz CT molecular complexity index is 1240. The second-order valence-electron chi connectivity index (χ2n) is 7.51. The SMILES string of the molecule is COc1cc2c(N3CCCC(c4nnc5ccccn45)C3)ncnc2c(OC)c1OC. The number of methoxy groups -OCH3 is 3. The lowest BCUT2D eigenvalue weighted by molar-refractivity contribution is 0.327.